The van der Waals surface area contributed by atoms with Gasteiger partial charge in [0.25, 0.3) is 0 Å². The summed E-state index contributed by atoms with van der Waals surface area (Å²) in [7, 11) is -2.71. The van der Waals surface area contributed by atoms with E-state index in [2.05, 4.69) is 17.5 Å². The lowest BCUT2D eigenvalue weighted by atomic mass is 10.2. The molecule has 2 aliphatic rings. The summed E-state index contributed by atoms with van der Waals surface area (Å²) in [6.45, 7) is 1.67. The van der Waals surface area contributed by atoms with Crippen LogP contribution in [0.15, 0.2) is 0 Å². The Bertz CT molecular complexity index is 275. The summed E-state index contributed by atoms with van der Waals surface area (Å²) in [5, 5.41) is -0.0672. The molecule has 2 bridgehead atoms. The fraction of sp³-hybridized carbons (Fsp3) is 1.00. The van der Waals surface area contributed by atoms with E-state index < -0.39 is 9.84 Å². The number of nitrogens with zero attached hydrogens (tertiary/aromatic N) is 1. The topological polar surface area (TPSA) is 37.4 Å². The van der Waals surface area contributed by atoms with Crippen LogP contribution in [0.5, 0.6) is 0 Å². The van der Waals surface area contributed by atoms with Gasteiger partial charge < -0.3 is 0 Å². The first-order valence-electron chi connectivity index (χ1n) is 4.20. The molecular formula is C7H13NO2S2. The second-order valence-corrected chi connectivity index (χ2v) is 6.33. The van der Waals surface area contributed by atoms with E-state index in [0.29, 0.717) is 11.8 Å². The first-order chi connectivity index (χ1) is 5.63. The van der Waals surface area contributed by atoms with Gasteiger partial charge in [-0.2, -0.15) is 12.6 Å². The normalized spacial score (nSPS) is 39.1. The Morgan fingerprint density at radius 1 is 1.50 bits per heavy atom. The molecule has 70 valence electrons. The zero-order valence-electron chi connectivity index (χ0n) is 6.81. The SMILES string of the molecule is O=S1(=O)CC2CC1CN2CCS. The Balaban J connectivity index is 2.08. The van der Waals surface area contributed by atoms with Crippen LogP contribution < -0.4 is 0 Å². The highest BCUT2D eigenvalue weighted by Gasteiger charge is 2.47. The molecule has 5 heteroatoms. The highest BCUT2D eigenvalue weighted by atomic mass is 32.2. The van der Waals surface area contributed by atoms with Crippen molar-refractivity contribution in [3.63, 3.8) is 0 Å². The van der Waals surface area contributed by atoms with Crippen LogP contribution >= 0.6 is 12.6 Å². The quantitative estimate of drug-likeness (QED) is 0.637. The monoisotopic (exact) mass is 207 g/mol. The number of sulfone groups is 1. The van der Waals surface area contributed by atoms with Crippen molar-refractivity contribution in [1.29, 1.82) is 0 Å². The molecule has 3 nitrogen and oxygen atoms in total. The maximum Gasteiger partial charge on any atom is 0.156 e. The zero-order chi connectivity index (χ0) is 8.77. The molecule has 12 heavy (non-hydrogen) atoms. The number of hydrogen-bond donors (Lipinski definition) is 1. The summed E-state index contributed by atoms with van der Waals surface area (Å²) in [5.74, 6) is 1.20. The van der Waals surface area contributed by atoms with Crippen LogP contribution in [0.1, 0.15) is 6.42 Å². The summed E-state index contributed by atoms with van der Waals surface area (Å²) >= 11 is 4.14. The van der Waals surface area contributed by atoms with Crippen molar-refractivity contribution in [1.82, 2.24) is 4.90 Å². The molecule has 2 aliphatic heterocycles. The standard InChI is InChI=1S/C7H13NO2S2/c9-12(10)5-6-3-7(12)4-8(6)1-2-11/h6-7,11H,1-5H2. The average Bonchev–Trinajstić information content (AvgIpc) is 2.44. The summed E-state index contributed by atoms with van der Waals surface area (Å²) in [6.07, 6.45) is 0.857. The summed E-state index contributed by atoms with van der Waals surface area (Å²) < 4.78 is 22.7. The third kappa shape index (κ3) is 1.28. The minimum atomic E-state index is -2.71. The maximum atomic E-state index is 11.3. The molecule has 2 unspecified atom stereocenters. The lowest BCUT2D eigenvalue weighted by Gasteiger charge is -2.25. The van der Waals surface area contributed by atoms with Gasteiger partial charge in [0.2, 0.25) is 0 Å². The Hall–Kier alpha value is 0.260. The molecule has 0 aromatic carbocycles. The highest BCUT2D eigenvalue weighted by Crippen LogP contribution is 2.32. The molecule has 0 aliphatic carbocycles. The van der Waals surface area contributed by atoms with Crippen molar-refractivity contribution in [3.8, 4) is 0 Å². The van der Waals surface area contributed by atoms with E-state index in [1.54, 1.807) is 0 Å². The van der Waals surface area contributed by atoms with Crippen LogP contribution in [0.4, 0.5) is 0 Å². The highest BCUT2D eigenvalue weighted by molar-refractivity contribution is 7.92. The van der Waals surface area contributed by atoms with Crippen molar-refractivity contribution in [2.24, 2.45) is 0 Å². The predicted molar refractivity (Wildman–Crippen MR) is 51.4 cm³/mol. The van der Waals surface area contributed by atoms with Gasteiger partial charge in [-0.3, -0.25) is 4.90 Å². The van der Waals surface area contributed by atoms with E-state index in [0.717, 1.165) is 25.3 Å². The Kier molecular flexibility index (Phi) is 2.13. The molecule has 0 amide bonds. The molecule has 2 saturated heterocycles. The number of fused-ring (bicyclic) bond motifs is 2. The van der Waals surface area contributed by atoms with E-state index in [1.807, 2.05) is 0 Å². The van der Waals surface area contributed by atoms with Gasteiger partial charge in [0, 0.05) is 24.9 Å². The molecule has 0 saturated carbocycles. The fourth-order valence-electron chi connectivity index (χ4n) is 2.18. The second-order valence-electron chi connectivity index (χ2n) is 3.56. The van der Waals surface area contributed by atoms with Gasteiger partial charge >= 0.3 is 0 Å². The Morgan fingerprint density at radius 2 is 2.25 bits per heavy atom. The maximum absolute atomic E-state index is 11.3. The van der Waals surface area contributed by atoms with Crippen molar-refractivity contribution in [2.45, 2.75) is 17.7 Å². The van der Waals surface area contributed by atoms with Crippen LogP contribution in [0.2, 0.25) is 0 Å². The smallest absolute Gasteiger partial charge is 0.156 e. The van der Waals surface area contributed by atoms with Crippen LogP contribution in [-0.2, 0) is 9.84 Å². The second kappa shape index (κ2) is 2.89. The predicted octanol–water partition coefficient (Wildman–Crippen LogP) is -0.212. The molecule has 2 heterocycles. The largest absolute Gasteiger partial charge is 0.297 e. The molecule has 0 N–H and O–H groups in total. The molecule has 0 spiro atoms. The summed E-state index contributed by atoms with van der Waals surface area (Å²) in [6, 6.07) is 0.298. The van der Waals surface area contributed by atoms with Gasteiger partial charge in [-0.1, -0.05) is 0 Å². The Morgan fingerprint density at radius 3 is 2.67 bits per heavy atom. The lowest BCUT2D eigenvalue weighted by Crippen LogP contribution is -2.41. The van der Waals surface area contributed by atoms with E-state index in [9.17, 15) is 8.42 Å². The first-order valence-corrected chi connectivity index (χ1v) is 6.55. The number of thiol groups is 1. The third-order valence-corrected chi connectivity index (χ3v) is 5.22. The van der Waals surface area contributed by atoms with E-state index in [-0.39, 0.29) is 5.25 Å². The molecule has 2 rings (SSSR count). The Labute approximate surface area is 78.5 Å². The van der Waals surface area contributed by atoms with Crippen LogP contribution in [0, 0.1) is 0 Å². The van der Waals surface area contributed by atoms with Gasteiger partial charge in [-0.05, 0) is 6.42 Å². The average molecular weight is 207 g/mol. The zero-order valence-corrected chi connectivity index (χ0v) is 8.52. The number of likely N-dealkylation sites (tertiary alicyclic amines) is 1. The van der Waals surface area contributed by atoms with Gasteiger partial charge in [-0.15, -0.1) is 0 Å². The van der Waals surface area contributed by atoms with Gasteiger partial charge in [0.15, 0.2) is 9.84 Å². The van der Waals surface area contributed by atoms with Crippen LogP contribution in [0.25, 0.3) is 0 Å². The van der Waals surface area contributed by atoms with Gasteiger partial charge in [0.1, 0.15) is 0 Å². The van der Waals surface area contributed by atoms with Gasteiger partial charge in [-0.25, -0.2) is 8.42 Å². The molecule has 0 aromatic heterocycles. The summed E-state index contributed by atoms with van der Waals surface area (Å²) in [5.41, 5.74) is 0. The molecule has 2 fully saturated rings. The third-order valence-electron chi connectivity index (χ3n) is 2.81. The van der Waals surface area contributed by atoms with Crippen LogP contribution in [-0.4, -0.2) is 49.2 Å². The van der Waals surface area contributed by atoms with Crippen LogP contribution in [0.3, 0.4) is 0 Å². The summed E-state index contributed by atoms with van der Waals surface area (Å²) in [4.78, 5) is 2.25. The number of hydrogen-bond acceptors (Lipinski definition) is 4. The molecule has 2 atom stereocenters. The molecule has 0 radical (unpaired) electrons. The van der Waals surface area contributed by atoms with Gasteiger partial charge in [0.05, 0.1) is 11.0 Å². The van der Waals surface area contributed by atoms with E-state index in [4.69, 9.17) is 0 Å². The number of rotatable bonds is 2. The first kappa shape index (κ1) is 8.84. The minimum absolute atomic E-state index is 0.0672. The van der Waals surface area contributed by atoms with Crippen molar-refractivity contribution < 1.29 is 8.42 Å². The van der Waals surface area contributed by atoms with E-state index >= 15 is 0 Å². The van der Waals surface area contributed by atoms with Crippen molar-refractivity contribution in [2.75, 3.05) is 24.6 Å². The van der Waals surface area contributed by atoms with Crippen molar-refractivity contribution >= 4 is 22.5 Å². The van der Waals surface area contributed by atoms with Crippen molar-refractivity contribution in [3.05, 3.63) is 0 Å². The van der Waals surface area contributed by atoms with E-state index in [1.165, 1.54) is 0 Å². The molecule has 0 aromatic rings. The fourth-order valence-corrected chi connectivity index (χ4v) is 4.52. The lowest BCUT2D eigenvalue weighted by molar-refractivity contribution is 0.282. The molecular weight excluding hydrogens is 194 g/mol. The minimum Gasteiger partial charge on any atom is -0.297 e.